The molecule has 4 aromatic rings. The number of phenols is 1. The molecule has 0 fully saturated rings. The van der Waals surface area contributed by atoms with E-state index < -0.39 is 0 Å². The van der Waals surface area contributed by atoms with Crippen LogP contribution in [-0.4, -0.2) is 26.4 Å². The topological polar surface area (TPSA) is 73.4 Å². The van der Waals surface area contributed by atoms with Crippen LogP contribution in [-0.2, 0) is 0 Å². The Morgan fingerprint density at radius 3 is 2.23 bits per heavy atom. The maximum Gasteiger partial charge on any atom is 0.161 e. The number of nitrogens with zero attached hydrogens (tertiary/aromatic N) is 1. The van der Waals surface area contributed by atoms with Crippen LogP contribution < -0.4 is 19.6 Å². The van der Waals surface area contributed by atoms with E-state index in [0.29, 0.717) is 39.6 Å². The van der Waals surface area contributed by atoms with E-state index in [4.69, 9.17) is 23.6 Å². The molecule has 1 aromatic heterocycles. The van der Waals surface area contributed by atoms with Crippen molar-refractivity contribution >= 4 is 16.7 Å². The first-order chi connectivity index (χ1) is 14.6. The van der Waals surface area contributed by atoms with Crippen LogP contribution in [0.25, 0.3) is 22.3 Å². The summed E-state index contributed by atoms with van der Waals surface area (Å²) in [4.78, 5) is 4.77. The van der Waals surface area contributed by atoms with Gasteiger partial charge in [-0.05, 0) is 60.7 Å². The SMILES string of the molecule is COc1ccc2oc(-c3ccc(OC)c(OC)c3)cc(=Nc3ccc(O)cc3)c2c1. The number of hydrogen-bond acceptors (Lipinski definition) is 6. The van der Waals surface area contributed by atoms with Gasteiger partial charge in [-0.25, -0.2) is 4.99 Å². The van der Waals surface area contributed by atoms with E-state index in [1.807, 2.05) is 42.5 Å². The van der Waals surface area contributed by atoms with Crippen LogP contribution in [0.1, 0.15) is 0 Å². The van der Waals surface area contributed by atoms with Crippen molar-refractivity contribution in [1.82, 2.24) is 0 Å². The normalized spacial score (nSPS) is 11.5. The summed E-state index contributed by atoms with van der Waals surface area (Å²) in [7, 11) is 4.81. The predicted octanol–water partition coefficient (Wildman–Crippen LogP) is 5.06. The zero-order valence-electron chi connectivity index (χ0n) is 16.9. The van der Waals surface area contributed by atoms with Gasteiger partial charge in [0.25, 0.3) is 0 Å². The lowest BCUT2D eigenvalue weighted by atomic mass is 10.1. The van der Waals surface area contributed by atoms with E-state index in [1.54, 1.807) is 45.6 Å². The Morgan fingerprint density at radius 2 is 1.53 bits per heavy atom. The third kappa shape index (κ3) is 3.80. The second-order valence-corrected chi connectivity index (χ2v) is 6.56. The zero-order chi connectivity index (χ0) is 21.1. The Hall–Kier alpha value is -3.93. The monoisotopic (exact) mass is 403 g/mol. The summed E-state index contributed by atoms with van der Waals surface area (Å²) in [6.45, 7) is 0. The smallest absolute Gasteiger partial charge is 0.161 e. The van der Waals surface area contributed by atoms with Gasteiger partial charge in [0.15, 0.2) is 11.5 Å². The molecule has 4 rings (SSSR count). The minimum absolute atomic E-state index is 0.189. The largest absolute Gasteiger partial charge is 0.508 e. The molecule has 0 saturated heterocycles. The maximum absolute atomic E-state index is 9.55. The molecule has 0 unspecified atom stereocenters. The predicted molar refractivity (Wildman–Crippen MR) is 115 cm³/mol. The van der Waals surface area contributed by atoms with Gasteiger partial charge in [0.1, 0.15) is 22.8 Å². The number of ether oxygens (including phenoxy) is 3. The average Bonchev–Trinajstić information content (AvgIpc) is 2.79. The van der Waals surface area contributed by atoms with Crippen LogP contribution in [0.2, 0.25) is 0 Å². The number of rotatable bonds is 5. The number of aromatic hydroxyl groups is 1. The van der Waals surface area contributed by atoms with Crippen molar-refractivity contribution in [3.8, 4) is 34.3 Å². The standard InChI is InChI=1S/C24H21NO5/c1-27-18-9-11-21-19(13-18)20(25-16-5-7-17(26)8-6-16)14-23(30-21)15-4-10-22(28-2)24(12-15)29-3/h4-14,26H,1-3H3. The second kappa shape index (κ2) is 8.21. The van der Waals surface area contributed by atoms with Crippen molar-refractivity contribution in [1.29, 1.82) is 0 Å². The van der Waals surface area contributed by atoms with E-state index in [2.05, 4.69) is 0 Å². The summed E-state index contributed by atoms with van der Waals surface area (Å²) in [6, 6.07) is 19.8. The fourth-order valence-electron chi connectivity index (χ4n) is 3.17. The molecule has 1 N–H and O–H groups in total. The Balaban J connectivity index is 1.95. The van der Waals surface area contributed by atoms with Gasteiger partial charge in [-0.1, -0.05) is 0 Å². The van der Waals surface area contributed by atoms with Gasteiger partial charge >= 0.3 is 0 Å². The molecule has 3 aromatic carbocycles. The molecule has 1 heterocycles. The molecular formula is C24H21NO5. The highest BCUT2D eigenvalue weighted by atomic mass is 16.5. The fraction of sp³-hybridized carbons (Fsp3) is 0.125. The van der Waals surface area contributed by atoms with Crippen LogP contribution in [0.4, 0.5) is 5.69 Å². The molecule has 0 amide bonds. The van der Waals surface area contributed by atoms with Gasteiger partial charge in [0.2, 0.25) is 0 Å². The third-order valence-corrected chi connectivity index (χ3v) is 4.72. The molecule has 0 bridgehead atoms. The second-order valence-electron chi connectivity index (χ2n) is 6.56. The highest BCUT2D eigenvalue weighted by Gasteiger charge is 2.11. The van der Waals surface area contributed by atoms with E-state index in [0.717, 1.165) is 10.9 Å². The van der Waals surface area contributed by atoms with Crippen molar-refractivity contribution in [2.24, 2.45) is 4.99 Å². The van der Waals surface area contributed by atoms with Gasteiger partial charge in [-0.15, -0.1) is 0 Å². The summed E-state index contributed by atoms with van der Waals surface area (Å²) >= 11 is 0. The number of methoxy groups -OCH3 is 3. The Morgan fingerprint density at radius 1 is 0.767 bits per heavy atom. The number of fused-ring (bicyclic) bond motifs is 1. The van der Waals surface area contributed by atoms with Crippen molar-refractivity contribution in [3.05, 3.63) is 72.1 Å². The molecule has 0 atom stereocenters. The first-order valence-corrected chi connectivity index (χ1v) is 9.29. The summed E-state index contributed by atoms with van der Waals surface area (Å²) in [5.74, 6) is 2.78. The third-order valence-electron chi connectivity index (χ3n) is 4.72. The van der Waals surface area contributed by atoms with Crippen LogP contribution >= 0.6 is 0 Å². The lowest BCUT2D eigenvalue weighted by Gasteiger charge is -2.10. The Bertz CT molecular complexity index is 1260. The van der Waals surface area contributed by atoms with Gasteiger partial charge < -0.3 is 23.7 Å². The van der Waals surface area contributed by atoms with Crippen LogP contribution in [0.15, 0.2) is 76.1 Å². The molecule has 0 radical (unpaired) electrons. The minimum atomic E-state index is 0.189. The summed E-state index contributed by atoms with van der Waals surface area (Å²) in [5, 5.41) is 11.1. The molecule has 6 nitrogen and oxygen atoms in total. The average molecular weight is 403 g/mol. The van der Waals surface area contributed by atoms with E-state index >= 15 is 0 Å². The molecule has 6 heteroatoms. The zero-order valence-corrected chi connectivity index (χ0v) is 16.9. The minimum Gasteiger partial charge on any atom is -0.508 e. The molecule has 0 saturated carbocycles. The van der Waals surface area contributed by atoms with Crippen molar-refractivity contribution in [2.45, 2.75) is 0 Å². The molecule has 0 spiro atoms. The number of phenolic OH excluding ortho intramolecular Hbond substituents is 1. The first-order valence-electron chi connectivity index (χ1n) is 9.29. The molecule has 152 valence electrons. The summed E-state index contributed by atoms with van der Waals surface area (Å²) in [6.07, 6.45) is 0. The maximum atomic E-state index is 9.55. The summed E-state index contributed by atoms with van der Waals surface area (Å²) < 4.78 is 22.3. The lowest BCUT2D eigenvalue weighted by molar-refractivity contribution is 0.355. The van der Waals surface area contributed by atoms with Gasteiger partial charge in [0, 0.05) is 17.0 Å². The van der Waals surface area contributed by atoms with Crippen molar-refractivity contribution < 1.29 is 23.7 Å². The highest BCUT2D eigenvalue weighted by molar-refractivity contribution is 5.80. The highest BCUT2D eigenvalue weighted by Crippen LogP contribution is 2.33. The quantitative estimate of drug-likeness (QED) is 0.504. The fourth-order valence-corrected chi connectivity index (χ4v) is 3.17. The van der Waals surface area contributed by atoms with Gasteiger partial charge in [-0.3, -0.25) is 0 Å². The first kappa shape index (κ1) is 19.4. The van der Waals surface area contributed by atoms with Crippen molar-refractivity contribution in [2.75, 3.05) is 21.3 Å². The number of hydrogen-bond donors (Lipinski definition) is 1. The van der Waals surface area contributed by atoms with Crippen LogP contribution in [0.3, 0.4) is 0 Å². The van der Waals surface area contributed by atoms with Gasteiger partial charge in [0.05, 0.1) is 32.4 Å². The molecule has 30 heavy (non-hydrogen) atoms. The number of benzene rings is 3. The Kier molecular flexibility index (Phi) is 5.30. The molecule has 0 aliphatic carbocycles. The van der Waals surface area contributed by atoms with Crippen LogP contribution in [0, 0.1) is 0 Å². The Labute approximate surface area is 173 Å². The molecule has 0 aliphatic rings. The molecule has 0 aliphatic heterocycles. The summed E-state index contributed by atoms with van der Waals surface area (Å²) in [5.41, 5.74) is 2.20. The van der Waals surface area contributed by atoms with E-state index in [-0.39, 0.29) is 5.75 Å². The van der Waals surface area contributed by atoms with Crippen LogP contribution in [0.5, 0.6) is 23.0 Å². The van der Waals surface area contributed by atoms with Gasteiger partial charge in [-0.2, -0.15) is 0 Å². The molecular weight excluding hydrogens is 382 g/mol. The lowest BCUT2D eigenvalue weighted by Crippen LogP contribution is -2.03. The van der Waals surface area contributed by atoms with E-state index in [1.165, 1.54) is 0 Å². The van der Waals surface area contributed by atoms with Crippen molar-refractivity contribution in [3.63, 3.8) is 0 Å². The van der Waals surface area contributed by atoms with E-state index in [9.17, 15) is 5.11 Å².